The summed E-state index contributed by atoms with van der Waals surface area (Å²) in [6.45, 7) is 4.05. The lowest BCUT2D eigenvalue weighted by Crippen LogP contribution is -2.11. The minimum absolute atomic E-state index is 0.0350. The summed E-state index contributed by atoms with van der Waals surface area (Å²) in [5.74, 6) is 0.747. The Bertz CT molecular complexity index is 543. The van der Waals surface area contributed by atoms with E-state index in [1.807, 2.05) is 25.1 Å². The lowest BCUT2D eigenvalue weighted by atomic mass is 10.1. The number of aromatic amines is 1. The highest BCUT2D eigenvalue weighted by Gasteiger charge is 2.02. The monoisotopic (exact) mass is 202 g/mol. The van der Waals surface area contributed by atoms with Gasteiger partial charge in [-0.2, -0.15) is 0 Å². The van der Waals surface area contributed by atoms with E-state index in [2.05, 4.69) is 16.9 Å². The fourth-order valence-electron chi connectivity index (χ4n) is 1.62. The Morgan fingerprint density at radius 1 is 1.27 bits per heavy atom. The maximum Gasteiger partial charge on any atom is 0.258 e. The van der Waals surface area contributed by atoms with Gasteiger partial charge in [0, 0.05) is 6.42 Å². The number of hydrogen-bond donors (Lipinski definition) is 1. The average Bonchev–Trinajstić information content (AvgIpc) is 2.28. The van der Waals surface area contributed by atoms with E-state index in [9.17, 15) is 4.79 Å². The standard InChI is InChI=1S/C12H14N2O/c1-3-8-5-6-10-9(7-8)12(15)14-11(4-2)13-10/h5-7H,3-4H2,1-2H3,(H,13,14,15). The molecule has 3 nitrogen and oxygen atoms in total. The van der Waals surface area contributed by atoms with E-state index < -0.39 is 0 Å². The zero-order chi connectivity index (χ0) is 10.8. The van der Waals surface area contributed by atoms with Gasteiger partial charge >= 0.3 is 0 Å². The molecule has 0 unspecified atom stereocenters. The molecule has 0 bridgehead atoms. The van der Waals surface area contributed by atoms with E-state index in [1.54, 1.807) is 0 Å². The highest BCUT2D eigenvalue weighted by atomic mass is 16.1. The van der Waals surface area contributed by atoms with Crippen molar-refractivity contribution in [3.8, 4) is 0 Å². The van der Waals surface area contributed by atoms with Gasteiger partial charge in [0.05, 0.1) is 10.9 Å². The molecular formula is C12H14N2O. The molecule has 0 radical (unpaired) electrons. The van der Waals surface area contributed by atoms with Gasteiger partial charge in [0.25, 0.3) is 5.56 Å². The number of nitrogens with zero attached hydrogens (tertiary/aromatic N) is 1. The molecule has 0 amide bonds. The second-order valence-corrected chi connectivity index (χ2v) is 3.57. The number of aromatic nitrogens is 2. The van der Waals surface area contributed by atoms with Crippen molar-refractivity contribution >= 4 is 10.9 Å². The summed E-state index contributed by atoms with van der Waals surface area (Å²) < 4.78 is 0. The molecule has 2 aromatic rings. The van der Waals surface area contributed by atoms with Gasteiger partial charge in [0.1, 0.15) is 5.82 Å². The number of rotatable bonds is 2. The SMILES string of the molecule is CCc1ccc2nc(CC)[nH]c(=O)c2c1. The molecule has 0 fully saturated rings. The number of benzene rings is 1. The smallest absolute Gasteiger partial charge is 0.258 e. The van der Waals surface area contributed by atoms with Crippen molar-refractivity contribution in [3.63, 3.8) is 0 Å². The van der Waals surface area contributed by atoms with E-state index in [-0.39, 0.29) is 5.56 Å². The van der Waals surface area contributed by atoms with Crippen molar-refractivity contribution in [2.45, 2.75) is 26.7 Å². The summed E-state index contributed by atoms with van der Waals surface area (Å²) in [5.41, 5.74) is 1.92. The minimum Gasteiger partial charge on any atom is -0.310 e. The van der Waals surface area contributed by atoms with Crippen molar-refractivity contribution in [1.82, 2.24) is 9.97 Å². The van der Waals surface area contributed by atoms with Crippen molar-refractivity contribution < 1.29 is 0 Å². The number of aryl methyl sites for hydroxylation is 2. The summed E-state index contributed by atoms with van der Waals surface area (Å²) in [6, 6.07) is 5.86. The first-order valence-electron chi connectivity index (χ1n) is 5.26. The molecule has 0 aliphatic heterocycles. The number of nitrogens with one attached hydrogen (secondary N) is 1. The van der Waals surface area contributed by atoms with Gasteiger partial charge in [-0.15, -0.1) is 0 Å². The Morgan fingerprint density at radius 2 is 2.07 bits per heavy atom. The van der Waals surface area contributed by atoms with Gasteiger partial charge in [-0.3, -0.25) is 4.79 Å². The summed E-state index contributed by atoms with van der Waals surface area (Å²) in [4.78, 5) is 18.9. The fraction of sp³-hybridized carbons (Fsp3) is 0.333. The molecule has 0 aliphatic carbocycles. The third-order valence-corrected chi connectivity index (χ3v) is 2.56. The van der Waals surface area contributed by atoms with Gasteiger partial charge in [0.2, 0.25) is 0 Å². The van der Waals surface area contributed by atoms with Crippen LogP contribution in [-0.4, -0.2) is 9.97 Å². The summed E-state index contributed by atoms with van der Waals surface area (Å²) in [6.07, 6.45) is 1.69. The Hall–Kier alpha value is -1.64. The van der Waals surface area contributed by atoms with Gasteiger partial charge in [-0.25, -0.2) is 4.98 Å². The lowest BCUT2D eigenvalue weighted by molar-refractivity contribution is 0.943. The van der Waals surface area contributed by atoms with Crippen LogP contribution in [0.5, 0.6) is 0 Å². The molecule has 0 atom stereocenters. The molecular weight excluding hydrogens is 188 g/mol. The van der Waals surface area contributed by atoms with Crippen LogP contribution in [0.25, 0.3) is 10.9 Å². The van der Waals surface area contributed by atoms with Crippen LogP contribution in [0.3, 0.4) is 0 Å². The highest BCUT2D eigenvalue weighted by Crippen LogP contribution is 2.10. The third-order valence-electron chi connectivity index (χ3n) is 2.56. The van der Waals surface area contributed by atoms with Crippen molar-refractivity contribution in [2.24, 2.45) is 0 Å². The topological polar surface area (TPSA) is 45.8 Å². The van der Waals surface area contributed by atoms with E-state index in [4.69, 9.17) is 0 Å². The zero-order valence-electron chi connectivity index (χ0n) is 9.00. The maximum atomic E-state index is 11.7. The Morgan fingerprint density at radius 3 is 2.73 bits per heavy atom. The van der Waals surface area contributed by atoms with Crippen LogP contribution in [0.2, 0.25) is 0 Å². The molecule has 0 aliphatic rings. The first-order chi connectivity index (χ1) is 7.24. The average molecular weight is 202 g/mol. The Kier molecular flexibility index (Phi) is 2.54. The molecule has 1 heterocycles. The molecule has 2 rings (SSSR count). The predicted molar refractivity (Wildman–Crippen MR) is 61.1 cm³/mol. The van der Waals surface area contributed by atoms with Crippen LogP contribution in [0, 0.1) is 0 Å². The first-order valence-corrected chi connectivity index (χ1v) is 5.26. The Balaban J connectivity index is 2.74. The van der Waals surface area contributed by atoms with E-state index in [1.165, 1.54) is 5.56 Å². The number of hydrogen-bond acceptors (Lipinski definition) is 2. The number of fused-ring (bicyclic) bond motifs is 1. The molecule has 0 saturated carbocycles. The van der Waals surface area contributed by atoms with Crippen LogP contribution in [0.1, 0.15) is 25.2 Å². The van der Waals surface area contributed by atoms with Crippen LogP contribution in [0.4, 0.5) is 0 Å². The molecule has 0 spiro atoms. The molecule has 15 heavy (non-hydrogen) atoms. The van der Waals surface area contributed by atoms with Crippen molar-refractivity contribution in [2.75, 3.05) is 0 Å². The van der Waals surface area contributed by atoms with E-state index in [0.717, 1.165) is 24.2 Å². The largest absolute Gasteiger partial charge is 0.310 e. The molecule has 1 aromatic carbocycles. The van der Waals surface area contributed by atoms with Crippen LogP contribution in [-0.2, 0) is 12.8 Å². The first kappa shape index (κ1) is 9.90. The summed E-state index contributed by atoms with van der Waals surface area (Å²) in [7, 11) is 0. The quantitative estimate of drug-likeness (QED) is 0.810. The lowest BCUT2D eigenvalue weighted by Gasteiger charge is -2.02. The highest BCUT2D eigenvalue weighted by molar-refractivity contribution is 5.78. The molecule has 3 heteroatoms. The second kappa shape index (κ2) is 3.85. The van der Waals surface area contributed by atoms with Crippen LogP contribution < -0.4 is 5.56 Å². The molecule has 0 saturated heterocycles. The molecule has 1 aromatic heterocycles. The zero-order valence-corrected chi connectivity index (χ0v) is 9.00. The van der Waals surface area contributed by atoms with Crippen molar-refractivity contribution in [3.05, 3.63) is 39.9 Å². The van der Waals surface area contributed by atoms with E-state index >= 15 is 0 Å². The van der Waals surface area contributed by atoms with Crippen LogP contribution in [0.15, 0.2) is 23.0 Å². The second-order valence-electron chi connectivity index (χ2n) is 3.57. The summed E-state index contributed by atoms with van der Waals surface area (Å²) in [5, 5.41) is 0.687. The van der Waals surface area contributed by atoms with Crippen LogP contribution >= 0.6 is 0 Å². The predicted octanol–water partition coefficient (Wildman–Crippen LogP) is 2.05. The van der Waals surface area contributed by atoms with E-state index in [0.29, 0.717) is 5.39 Å². The van der Waals surface area contributed by atoms with Gasteiger partial charge in [-0.1, -0.05) is 19.9 Å². The number of H-pyrrole nitrogens is 1. The third kappa shape index (κ3) is 1.77. The molecule has 78 valence electrons. The Labute approximate surface area is 88.2 Å². The molecule has 1 N–H and O–H groups in total. The fourth-order valence-corrected chi connectivity index (χ4v) is 1.62. The van der Waals surface area contributed by atoms with Gasteiger partial charge in [0.15, 0.2) is 0 Å². The van der Waals surface area contributed by atoms with Crippen molar-refractivity contribution in [1.29, 1.82) is 0 Å². The normalized spacial score (nSPS) is 10.8. The van der Waals surface area contributed by atoms with Gasteiger partial charge < -0.3 is 4.98 Å². The van der Waals surface area contributed by atoms with Gasteiger partial charge in [-0.05, 0) is 24.1 Å². The maximum absolute atomic E-state index is 11.7. The summed E-state index contributed by atoms with van der Waals surface area (Å²) >= 11 is 0. The minimum atomic E-state index is -0.0350.